The molecule has 0 saturated carbocycles. The van der Waals surface area contributed by atoms with E-state index in [1.807, 2.05) is 31.2 Å². The molecule has 1 aliphatic heterocycles. The van der Waals surface area contributed by atoms with E-state index in [-0.39, 0.29) is 18.6 Å². The van der Waals surface area contributed by atoms with E-state index < -0.39 is 12.1 Å². The molecule has 0 bridgehead atoms. The van der Waals surface area contributed by atoms with Gasteiger partial charge in [-0.05, 0) is 56.2 Å². The standard InChI is InChI=1S/C20H20ClNO4/c1-13-11-15-5-3-4-6-18(15)22(13)20(24)14(2)26-19(23)12-25-17-9-7-16(21)8-10-17/h3-10,13-14H,11-12H2,1-2H3/t13-,14-/m1/s1. The molecule has 5 nitrogen and oxygen atoms in total. The van der Waals surface area contributed by atoms with Crippen molar-refractivity contribution >= 4 is 29.2 Å². The Morgan fingerprint density at radius 3 is 2.62 bits per heavy atom. The predicted octanol–water partition coefficient (Wildman–Crippen LogP) is 3.63. The molecule has 0 aromatic heterocycles. The van der Waals surface area contributed by atoms with Gasteiger partial charge in [0.1, 0.15) is 5.75 Å². The van der Waals surface area contributed by atoms with Gasteiger partial charge in [0.25, 0.3) is 5.91 Å². The Labute approximate surface area is 157 Å². The molecular formula is C20H20ClNO4. The Kier molecular flexibility index (Phi) is 5.47. The lowest BCUT2D eigenvalue weighted by molar-refractivity contribution is -0.155. The Morgan fingerprint density at radius 1 is 1.19 bits per heavy atom. The molecule has 1 amide bonds. The van der Waals surface area contributed by atoms with Gasteiger partial charge in [-0.15, -0.1) is 0 Å². The maximum absolute atomic E-state index is 12.8. The molecule has 1 aliphatic rings. The zero-order valence-electron chi connectivity index (χ0n) is 14.6. The Bertz CT molecular complexity index is 806. The number of hydrogen-bond acceptors (Lipinski definition) is 4. The number of halogens is 1. The smallest absolute Gasteiger partial charge is 0.344 e. The summed E-state index contributed by atoms with van der Waals surface area (Å²) in [5, 5.41) is 0.583. The number of benzene rings is 2. The molecule has 26 heavy (non-hydrogen) atoms. The van der Waals surface area contributed by atoms with Crippen molar-refractivity contribution in [2.45, 2.75) is 32.4 Å². The quantitative estimate of drug-likeness (QED) is 0.751. The third kappa shape index (κ3) is 3.99. The number of rotatable bonds is 5. The van der Waals surface area contributed by atoms with E-state index in [0.29, 0.717) is 10.8 Å². The maximum atomic E-state index is 12.8. The fourth-order valence-corrected chi connectivity index (χ4v) is 3.18. The summed E-state index contributed by atoms with van der Waals surface area (Å²) >= 11 is 5.80. The fraction of sp³-hybridized carbons (Fsp3) is 0.300. The molecule has 2 aromatic rings. The number of amides is 1. The van der Waals surface area contributed by atoms with E-state index in [4.69, 9.17) is 21.1 Å². The van der Waals surface area contributed by atoms with Crippen molar-refractivity contribution in [3.8, 4) is 5.75 Å². The Morgan fingerprint density at radius 2 is 1.88 bits per heavy atom. The summed E-state index contributed by atoms with van der Waals surface area (Å²) in [6.45, 7) is 3.29. The van der Waals surface area contributed by atoms with Gasteiger partial charge in [0, 0.05) is 16.8 Å². The second kappa shape index (κ2) is 7.79. The largest absolute Gasteiger partial charge is 0.482 e. The van der Waals surface area contributed by atoms with E-state index >= 15 is 0 Å². The highest BCUT2D eigenvalue weighted by molar-refractivity contribution is 6.30. The summed E-state index contributed by atoms with van der Waals surface area (Å²) in [5.41, 5.74) is 2.00. The third-order valence-corrected chi connectivity index (χ3v) is 4.52. The molecule has 0 fully saturated rings. The average Bonchev–Trinajstić information content (AvgIpc) is 2.96. The van der Waals surface area contributed by atoms with Gasteiger partial charge < -0.3 is 14.4 Å². The van der Waals surface area contributed by atoms with Crippen molar-refractivity contribution in [3.63, 3.8) is 0 Å². The van der Waals surface area contributed by atoms with Gasteiger partial charge in [0.05, 0.1) is 0 Å². The zero-order chi connectivity index (χ0) is 18.7. The van der Waals surface area contributed by atoms with Crippen LogP contribution in [0.1, 0.15) is 19.4 Å². The van der Waals surface area contributed by atoms with Crippen LogP contribution in [-0.4, -0.2) is 30.6 Å². The van der Waals surface area contributed by atoms with E-state index in [0.717, 1.165) is 17.7 Å². The highest BCUT2D eigenvalue weighted by atomic mass is 35.5. The molecular weight excluding hydrogens is 354 g/mol. The van der Waals surface area contributed by atoms with Gasteiger partial charge in [0.15, 0.2) is 12.7 Å². The summed E-state index contributed by atoms with van der Waals surface area (Å²) < 4.78 is 10.6. The molecule has 0 aliphatic carbocycles. The lowest BCUT2D eigenvalue weighted by atomic mass is 10.1. The zero-order valence-corrected chi connectivity index (χ0v) is 15.4. The molecule has 2 aromatic carbocycles. The molecule has 6 heteroatoms. The second-order valence-electron chi connectivity index (χ2n) is 6.26. The van der Waals surface area contributed by atoms with Crippen LogP contribution < -0.4 is 9.64 Å². The first-order chi connectivity index (χ1) is 12.5. The lowest BCUT2D eigenvalue weighted by Crippen LogP contribution is -2.43. The summed E-state index contributed by atoms with van der Waals surface area (Å²) in [7, 11) is 0. The topological polar surface area (TPSA) is 55.8 Å². The van der Waals surface area contributed by atoms with Crippen molar-refractivity contribution < 1.29 is 19.1 Å². The minimum absolute atomic E-state index is 0.0337. The van der Waals surface area contributed by atoms with Crippen LogP contribution in [0.25, 0.3) is 0 Å². The summed E-state index contributed by atoms with van der Waals surface area (Å²) in [4.78, 5) is 26.5. The van der Waals surface area contributed by atoms with Gasteiger partial charge in [0.2, 0.25) is 0 Å². The van der Waals surface area contributed by atoms with Crippen LogP contribution >= 0.6 is 11.6 Å². The number of carbonyl (C=O) groups is 2. The minimum Gasteiger partial charge on any atom is -0.482 e. The molecule has 0 saturated heterocycles. The van der Waals surface area contributed by atoms with Crippen molar-refractivity contribution in [3.05, 3.63) is 59.1 Å². The van der Waals surface area contributed by atoms with Crippen LogP contribution in [0.2, 0.25) is 5.02 Å². The van der Waals surface area contributed by atoms with Crippen LogP contribution in [-0.2, 0) is 20.7 Å². The first-order valence-corrected chi connectivity index (χ1v) is 8.82. The summed E-state index contributed by atoms with van der Waals surface area (Å²) in [6, 6.07) is 14.5. The first-order valence-electron chi connectivity index (χ1n) is 8.44. The number of fused-ring (bicyclic) bond motifs is 1. The molecule has 3 rings (SSSR count). The van der Waals surface area contributed by atoms with Gasteiger partial charge >= 0.3 is 5.97 Å². The van der Waals surface area contributed by atoms with Gasteiger partial charge in [-0.1, -0.05) is 29.8 Å². The van der Waals surface area contributed by atoms with Gasteiger partial charge in [-0.25, -0.2) is 4.79 Å². The van der Waals surface area contributed by atoms with Crippen LogP contribution in [0.15, 0.2) is 48.5 Å². The van der Waals surface area contributed by atoms with Gasteiger partial charge in [-0.3, -0.25) is 4.79 Å². The number of para-hydroxylation sites is 1. The van der Waals surface area contributed by atoms with Crippen LogP contribution in [0.5, 0.6) is 5.75 Å². The lowest BCUT2D eigenvalue weighted by Gasteiger charge is -2.25. The fourth-order valence-electron chi connectivity index (χ4n) is 3.05. The molecule has 0 unspecified atom stereocenters. The van der Waals surface area contributed by atoms with E-state index in [1.165, 1.54) is 0 Å². The maximum Gasteiger partial charge on any atom is 0.344 e. The molecule has 0 radical (unpaired) electrons. The molecule has 0 N–H and O–H groups in total. The molecule has 1 heterocycles. The minimum atomic E-state index is -0.884. The summed E-state index contributed by atoms with van der Waals surface area (Å²) in [6.07, 6.45) is -0.0904. The van der Waals surface area contributed by atoms with Crippen molar-refractivity contribution in [2.75, 3.05) is 11.5 Å². The molecule has 136 valence electrons. The molecule has 0 spiro atoms. The number of hydrogen-bond donors (Lipinski definition) is 0. The van der Waals surface area contributed by atoms with Crippen molar-refractivity contribution in [2.24, 2.45) is 0 Å². The van der Waals surface area contributed by atoms with Crippen molar-refractivity contribution in [1.82, 2.24) is 0 Å². The Balaban J connectivity index is 1.57. The highest BCUT2D eigenvalue weighted by Crippen LogP contribution is 2.32. The van der Waals surface area contributed by atoms with Crippen LogP contribution in [0.3, 0.4) is 0 Å². The van der Waals surface area contributed by atoms with E-state index in [2.05, 4.69) is 0 Å². The first kappa shape index (κ1) is 18.3. The monoisotopic (exact) mass is 373 g/mol. The number of nitrogens with zero attached hydrogens (tertiary/aromatic N) is 1. The summed E-state index contributed by atoms with van der Waals surface area (Å²) in [5.74, 6) is -0.323. The SMILES string of the molecule is C[C@@H]1Cc2ccccc2N1C(=O)[C@@H](C)OC(=O)COc1ccc(Cl)cc1. The van der Waals surface area contributed by atoms with Crippen molar-refractivity contribution in [1.29, 1.82) is 0 Å². The number of carbonyl (C=O) groups excluding carboxylic acids is 2. The van der Waals surface area contributed by atoms with Crippen LogP contribution in [0.4, 0.5) is 5.69 Å². The Hall–Kier alpha value is -2.53. The number of ether oxygens (including phenoxy) is 2. The number of esters is 1. The normalized spacial score (nSPS) is 16.7. The van der Waals surface area contributed by atoms with E-state index in [9.17, 15) is 9.59 Å². The average molecular weight is 374 g/mol. The number of anilines is 1. The highest BCUT2D eigenvalue weighted by Gasteiger charge is 2.34. The van der Waals surface area contributed by atoms with Gasteiger partial charge in [-0.2, -0.15) is 0 Å². The van der Waals surface area contributed by atoms with Crippen LogP contribution in [0, 0.1) is 0 Å². The van der Waals surface area contributed by atoms with E-state index in [1.54, 1.807) is 36.1 Å². The molecule has 2 atom stereocenters. The predicted molar refractivity (Wildman–Crippen MR) is 99.6 cm³/mol. The third-order valence-electron chi connectivity index (χ3n) is 4.27. The second-order valence-corrected chi connectivity index (χ2v) is 6.70.